The zero-order valence-corrected chi connectivity index (χ0v) is 60.9. The number of phosphoric ester groups is 1. The number of carbonyl (C=O) groups is 2. The molecule has 0 fully saturated rings. The molecule has 0 aliphatic heterocycles. The van der Waals surface area contributed by atoms with Gasteiger partial charge in [0.25, 0.3) is 16.6 Å². The molecule has 4 aromatic carbocycles. The van der Waals surface area contributed by atoms with E-state index in [1.165, 1.54) is 141 Å². The number of esters is 2. The maximum atomic E-state index is 15.4. The molecule has 0 saturated carbocycles. The fraction of sp³-hybridized carbons (Fsp3) is 0.649. The predicted molar refractivity (Wildman–Crippen MR) is 382 cm³/mol. The van der Waals surface area contributed by atoms with Crippen LogP contribution in [0, 0.1) is 11.3 Å². The Labute approximate surface area is 555 Å². The molecule has 0 aliphatic carbocycles. The molecule has 508 valence electrons. The van der Waals surface area contributed by atoms with Crippen LogP contribution in [0.25, 0.3) is 0 Å². The molecule has 0 unspecified atom stereocenters. The minimum atomic E-state index is -4.61. The van der Waals surface area contributed by atoms with Crippen molar-refractivity contribution in [3.05, 3.63) is 121 Å². The van der Waals surface area contributed by atoms with Gasteiger partial charge in [-0.3, -0.25) is 23.2 Å². The monoisotopic (exact) mass is 1310 g/mol. The van der Waals surface area contributed by atoms with Gasteiger partial charge in [0.05, 0.1) is 32.3 Å². The van der Waals surface area contributed by atoms with E-state index < -0.39 is 46.7 Å². The molecule has 0 spiro atoms. The van der Waals surface area contributed by atoms with Gasteiger partial charge in [0.2, 0.25) is 0 Å². The van der Waals surface area contributed by atoms with Crippen LogP contribution < -0.4 is 20.7 Å². The van der Waals surface area contributed by atoms with Crippen LogP contribution in [0.1, 0.15) is 267 Å². The van der Waals surface area contributed by atoms with Crippen molar-refractivity contribution in [1.82, 2.24) is 0 Å². The van der Waals surface area contributed by atoms with Gasteiger partial charge in [-0.1, -0.05) is 357 Å². The second kappa shape index (κ2) is 46.0. The Hall–Kier alpha value is -4.23. The van der Waals surface area contributed by atoms with Gasteiger partial charge >= 0.3 is 19.8 Å². The molecule has 0 aliphatic rings. The van der Waals surface area contributed by atoms with E-state index in [1.807, 2.05) is 72.8 Å². The van der Waals surface area contributed by atoms with Crippen molar-refractivity contribution in [2.24, 2.45) is 0 Å². The van der Waals surface area contributed by atoms with E-state index in [1.54, 1.807) is 0 Å². The van der Waals surface area contributed by atoms with E-state index in [9.17, 15) is 14.9 Å². The molecule has 0 N–H and O–H groups in total. The molecule has 0 amide bonds. The summed E-state index contributed by atoms with van der Waals surface area (Å²) in [5, 5.41) is 12.8. The first kappa shape index (κ1) is 79.2. The predicted octanol–water partition coefficient (Wildman–Crippen LogP) is 19.6. The number of hydrogen-bond acceptors (Lipinski definition) is 11. The molecule has 91 heavy (non-hydrogen) atoms. The Morgan fingerprint density at radius 2 is 0.648 bits per heavy atom. The Balaban J connectivity index is 1.54. The van der Waals surface area contributed by atoms with E-state index in [0.29, 0.717) is 0 Å². The summed E-state index contributed by atoms with van der Waals surface area (Å²) >= 11 is 0. The van der Waals surface area contributed by atoms with Crippen molar-refractivity contribution in [3.8, 4) is 6.07 Å². The summed E-state index contributed by atoms with van der Waals surface area (Å²) in [5.41, 5.74) is 0. The summed E-state index contributed by atoms with van der Waals surface area (Å²) in [4.78, 5) is 27.5. The summed E-state index contributed by atoms with van der Waals surface area (Å²) in [6.07, 6.45) is 35.4. The van der Waals surface area contributed by atoms with Gasteiger partial charge in [0.1, 0.15) is 25.4 Å². The standard InChI is InChI=1S/C77H122NO10PSi2/c1-9-11-13-15-17-19-21-23-25-27-29-31-33-35-49-60-74(79)82-64-68(87-90(76(3,4)5,70-52-41-37-42-53-70)71-54-43-38-44-55-71)66-85-89(81,84-63-51-62-78)86-67-69(88-91(77(6,7)8,72-56-45-39-46-57-72)73-58-47-40-48-59-73)65-83-75(80)61-50-36-34-32-30-28-26-24-22-20-18-16-14-12-10-2/h37-48,52-59,68-69H,9-36,49-51,60-61,63-67H2,1-8H3/t68-,69-/m0/s1. The van der Waals surface area contributed by atoms with Crippen molar-refractivity contribution in [2.45, 2.75) is 290 Å². The van der Waals surface area contributed by atoms with E-state index >= 15 is 4.57 Å². The second-order valence-electron chi connectivity index (χ2n) is 27.4. The molecular formula is C77H122NO10PSi2. The minimum absolute atomic E-state index is 0.0888. The minimum Gasteiger partial charge on any atom is -0.463 e. The lowest BCUT2D eigenvalue weighted by Gasteiger charge is -2.45. The lowest BCUT2D eigenvalue weighted by atomic mass is 10.0. The van der Waals surface area contributed by atoms with E-state index in [2.05, 4.69) is 110 Å². The van der Waals surface area contributed by atoms with Crippen molar-refractivity contribution >= 4 is 57.1 Å². The summed E-state index contributed by atoms with van der Waals surface area (Å²) < 4.78 is 61.6. The van der Waals surface area contributed by atoms with Crippen molar-refractivity contribution in [3.63, 3.8) is 0 Å². The lowest BCUT2D eigenvalue weighted by Crippen LogP contribution is -2.68. The molecular weight excluding hydrogens is 1190 g/mol. The second-order valence-corrected chi connectivity index (χ2v) is 37.5. The van der Waals surface area contributed by atoms with Crippen LogP contribution in [-0.2, 0) is 46.1 Å². The van der Waals surface area contributed by atoms with Gasteiger partial charge in [0.15, 0.2) is 0 Å². The highest BCUT2D eigenvalue weighted by molar-refractivity contribution is 7.48. The van der Waals surface area contributed by atoms with Crippen LogP contribution in [-0.4, -0.2) is 73.8 Å². The normalized spacial score (nSPS) is 13.0. The smallest absolute Gasteiger partial charge is 0.463 e. The fourth-order valence-electron chi connectivity index (χ4n) is 12.6. The van der Waals surface area contributed by atoms with E-state index in [0.717, 1.165) is 72.1 Å². The molecule has 2 atom stereocenters. The van der Waals surface area contributed by atoms with Gasteiger partial charge in [0, 0.05) is 12.8 Å². The summed E-state index contributed by atoms with van der Waals surface area (Å²) in [6, 6.07) is 42.8. The van der Waals surface area contributed by atoms with Gasteiger partial charge in [-0.2, -0.15) is 5.26 Å². The highest BCUT2D eigenvalue weighted by Crippen LogP contribution is 2.51. The number of benzene rings is 4. The van der Waals surface area contributed by atoms with Gasteiger partial charge in [-0.15, -0.1) is 0 Å². The first-order valence-electron chi connectivity index (χ1n) is 35.8. The molecule has 0 bridgehead atoms. The highest BCUT2D eigenvalue weighted by atomic mass is 31.2. The lowest BCUT2D eigenvalue weighted by molar-refractivity contribution is -0.147. The van der Waals surface area contributed by atoms with Gasteiger partial charge < -0.3 is 18.3 Å². The van der Waals surface area contributed by atoms with Crippen LogP contribution >= 0.6 is 7.82 Å². The average molecular weight is 1310 g/mol. The Morgan fingerprint density at radius 1 is 0.396 bits per heavy atom. The molecule has 0 radical (unpaired) electrons. The first-order valence-corrected chi connectivity index (χ1v) is 41.1. The summed E-state index contributed by atoms with van der Waals surface area (Å²) in [6.45, 7) is 16.2. The molecule has 0 aromatic heterocycles. The van der Waals surface area contributed by atoms with Crippen molar-refractivity contribution in [1.29, 1.82) is 5.26 Å². The van der Waals surface area contributed by atoms with Gasteiger partial charge in [-0.05, 0) is 43.7 Å². The largest absolute Gasteiger partial charge is 0.475 e. The Morgan fingerprint density at radius 3 is 0.890 bits per heavy atom. The third-order valence-corrected chi connectivity index (χ3v) is 29.3. The molecule has 0 heterocycles. The topological polar surface area (TPSA) is 140 Å². The van der Waals surface area contributed by atoms with Crippen LogP contribution in [0.3, 0.4) is 0 Å². The third-order valence-electron chi connectivity index (χ3n) is 17.7. The zero-order valence-electron chi connectivity index (χ0n) is 58.0. The van der Waals surface area contributed by atoms with Crippen molar-refractivity contribution < 1.29 is 46.1 Å². The number of nitrogens with zero attached hydrogens (tertiary/aromatic N) is 1. The van der Waals surface area contributed by atoms with Crippen LogP contribution in [0.15, 0.2) is 121 Å². The third kappa shape index (κ3) is 29.9. The summed E-state index contributed by atoms with van der Waals surface area (Å²) in [5.74, 6) is -0.680. The Kier molecular flexibility index (Phi) is 40.0. The number of carbonyl (C=O) groups excluding carboxylic acids is 2. The molecule has 4 rings (SSSR count). The number of nitriles is 1. The van der Waals surface area contributed by atoms with Crippen LogP contribution in [0.5, 0.6) is 0 Å². The van der Waals surface area contributed by atoms with E-state index in [-0.39, 0.29) is 64.2 Å². The average Bonchev–Trinajstić information content (AvgIpc) is 0.768. The quantitative estimate of drug-likeness (QED) is 0.0181. The number of unbranched alkanes of at least 4 members (excludes halogenated alkanes) is 28. The zero-order chi connectivity index (χ0) is 65.8. The summed E-state index contributed by atoms with van der Waals surface area (Å²) in [7, 11) is -11.3. The van der Waals surface area contributed by atoms with Crippen LogP contribution in [0.4, 0.5) is 0 Å². The maximum absolute atomic E-state index is 15.4. The molecule has 0 saturated heterocycles. The van der Waals surface area contributed by atoms with Crippen molar-refractivity contribution in [2.75, 3.05) is 33.0 Å². The molecule has 4 aromatic rings. The maximum Gasteiger partial charge on any atom is 0.475 e. The highest BCUT2D eigenvalue weighted by Gasteiger charge is 2.53. The SMILES string of the molecule is CCCCCCCCCCCCCCCCCC(=O)OC[C@@H](COP(=O)(OCCC#N)OC[C@H](COC(=O)CCCCCCCCCCCCCCCCC)O[Si](c1ccccc1)(c1ccccc1)C(C)(C)C)O[Si](c1ccccc1)(c1ccccc1)C(C)(C)C. The fourth-order valence-corrected chi connectivity index (χ4v) is 23.1. The van der Waals surface area contributed by atoms with Crippen LogP contribution in [0.2, 0.25) is 10.1 Å². The number of ether oxygens (including phenoxy) is 2. The Bertz CT molecular complexity index is 2330. The molecule has 11 nitrogen and oxygen atoms in total. The van der Waals surface area contributed by atoms with E-state index in [4.69, 9.17) is 31.9 Å². The first-order chi connectivity index (χ1) is 44.0. The van der Waals surface area contributed by atoms with Gasteiger partial charge in [-0.25, -0.2) is 4.57 Å². The number of phosphoric acid groups is 1. The number of hydrogen-bond donors (Lipinski definition) is 0. The molecule has 14 heteroatoms. The number of rotatable bonds is 53.